The summed E-state index contributed by atoms with van der Waals surface area (Å²) in [4.78, 5) is 26.9. The fourth-order valence-electron chi connectivity index (χ4n) is 3.25. The number of hydrogen-bond acceptors (Lipinski definition) is 3. The van der Waals surface area contributed by atoms with Crippen LogP contribution < -0.4 is 5.32 Å². The average molecular weight is 413 g/mol. The van der Waals surface area contributed by atoms with E-state index in [9.17, 15) is 22.8 Å². The Morgan fingerprint density at radius 2 is 1.96 bits per heavy atom. The highest BCUT2D eigenvalue weighted by Gasteiger charge is 2.48. The van der Waals surface area contributed by atoms with E-state index in [4.69, 9.17) is 11.6 Å². The fourth-order valence-corrected chi connectivity index (χ4v) is 4.94. The summed E-state index contributed by atoms with van der Waals surface area (Å²) in [7, 11) is 0. The number of carbonyl (C=O) groups is 2. The monoisotopic (exact) mass is 412 g/mol. The number of hydrogen-bond donors (Lipinski definition) is 1. The van der Waals surface area contributed by atoms with E-state index in [1.54, 1.807) is 12.1 Å². The maximum absolute atomic E-state index is 12.7. The van der Waals surface area contributed by atoms with Gasteiger partial charge in [-0.05, 0) is 29.8 Å². The molecule has 1 N–H and O–H groups in total. The van der Waals surface area contributed by atoms with Crippen molar-refractivity contribution < 1.29 is 22.8 Å². The number of nitrogens with zero attached hydrogens (tertiary/aromatic N) is 1. The molecular weight excluding hydrogens is 401 g/mol. The number of rotatable bonds is 2. The predicted octanol–water partition coefficient (Wildman–Crippen LogP) is 4.57. The fraction of sp³-hybridized carbons (Fsp3) is 0.222. The van der Waals surface area contributed by atoms with Crippen LogP contribution in [0.15, 0.2) is 42.5 Å². The Morgan fingerprint density at radius 3 is 2.67 bits per heavy atom. The Hall–Kier alpha value is -2.19. The summed E-state index contributed by atoms with van der Waals surface area (Å²) in [5.74, 6) is -0.304. The van der Waals surface area contributed by atoms with Gasteiger partial charge in [0.05, 0.1) is 16.3 Å². The number of benzene rings is 2. The second-order valence-electron chi connectivity index (χ2n) is 6.18. The van der Waals surface area contributed by atoms with Crippen LogP contribution in [-0.4, -0.2) is 28.5 Å². The van der Waals surface area contributed by atoms with E-state index in [1.807, 2.05) is 12.1 Å². The highest BCUT2D eigenvalue weighted by atomic mass is 35.5. The van der Waals surface area contributed by atoms with Gasteiger partial charge in [0.1, 0.15) is 11.4 Å². The first-order valence-electron chi connectivity index (χ1n) is 7.98. The minimum atomic E-state index is -4.52. The summed E-state index contributed by atoms with van der Waals surface area (Å²) in [6, 6.07) is 9.19. The van der Waals surface area contributed by atoms with E-state index >= 15 is 0 Å². The zero-order valence-electron chi connectivity index (χ0n) is 13.6. The minimum absolute atomic E-state index is 0.0762. The van der Waals surface area contributed by atoms with Crippen LogP contribution >= 0.6 is 23.4 Å². The van der Waals surface area contributed by atoms with Crippen LogP contribution in [0.4, 0.5) is 18.9 Å². The van der Waals surface area contributed by atoms with Gasteiger partial charge in [0.2, 0.25) is 5.91 Å². The van der Waals surface area contributed by atoms with Crippen molar-refractivity contribution in [3.63, 3.8) is 0 Å². The third-order valence-corrected chi connectivity index (χ3v) is 6.17. The van der Waals surface area contributed by atoms with E-state index in [-0.39, 0.29) is 22.0 Å². The second-order valence-corrected chi connectivity index (χ2v) is 7.70. The molecule has 2 heterocycles. The standard InChI is InChI=1S/C18H12ClF3N2O2S/c19-12-7-9(18(20,21)22)5-6-13(12)23-15(25)14-8-27-17-11-4-2-1-3-10(11)16(26)24(14)17/h1-7,14,17H,8H2,(H,23,25). The van der Waals surface area contributed by atoms with Gasteiger partial charge in [-0.25, -0.2) is 0 Å². The van der Waals surface area contributed by atoms with Crippen molar-refractivity contribution in [1.82, 2.24) is 4.90 Å². The molecule has 2 aromatic rings. The summed E-state index contributed by atoms with van der Waals surface area (Å²) in [6.45, 7) is 0. The summed E-state index contributed by atoms with van der Waals surface area (Å²) in [6.07, 6.45) is -4.52. The Balaban J connectivity index is 1.55. The first-order valence-corrected chi connectivity index (χ1v) is 9.41. The van der Waals surface area contributed by atoms with E-state index in [0.29, 0.717) is 11.3 Å². The quantitative estimate of drug-likeness (QED) is 0.786. The second kappa shape index (κ2) is 6.45. The van der Waals surface area contributed by atoms with Crippen molar-refractivity contribution in [1.29, 1.82) is 0 Å². The lowest BCUT2D eigenvalue weighted by Gasteiger charge is -2.23. The first kappa shape index (κ1) is 18.2. The van der Waals surface area contributed by atoms with Gasteiger partial charge in [0, 0.05) is 11.3 Å². The number of halogens is 4. The van der Waals surface area contributed by atoms with Gasteiger partial charge < -0.3 is 10.2 Å². The van der Waals surface area contributed by atoms with Gasteiger partial charge in [-0.2, -0.15) is 13.2 Å². The summed E-state index contributed by atoms with van der Waals surface area (Å²) < 4.78 is 38.2. The maximum atomic E-state index is 12.7. The molecule has 0 bridgehead atoms. The van der Waals surface area contributed by atoms with Crippen LogP contribution in [0.5, 0.6) is 0 Å². The minimum Gasteiger partial charge on any atom is -0.323 e. The van der Waals surface area contributed by atoms with Crippen LogP contribution in [0.3, 0.4) is 0 Å². The highest BCUT2D eigenvalue weighted by Crippen LogP contribution is 2.48. The van der Waals surface area contributed by atoms with Gasteiger partial charge >= 0.3 is 6.18 Å². The molecule has 1 fully saturated rings. The molecule has 2 aliphatic heterocycles. The zero-order valence-corrected chi connectivity index (χ0v) is 15.2. The molecule has 4 rings (SSSR count). The third-order valence-electron chi connectivity index (χ3n) is 4.55. The number of anilines is 1. The van der Waals surface area contributed by atoms with Crippen LogP contribution in [0, 0.1) is 0 Å². The van der Waals surface area contributed by atoms with Gasteiger partial charge in [-0.1, -0.05) is 29.8 Å². The Labute approximate surface area is 161 Å². The Morgan fingerprint density at radius 1 is 1.22 bits per heavy atom. The van der Waals surface area contributed by atoms with E-state index < -0.39 is 23.7 Å². The molecule has 0 spiro atoms. The van der Waals surface area contributed by atoms with E-state index in [2.05, 4.69) is 5.32 Å². The smallest absolute Gasteiger partial charge is 0.323 e. The van der Waals surface area contributed by atoms with Crippen LogP contribution in [0.2, 0.25) is 5.02 Å². The van der Waals surface area contributed by atoms with Crippen molar-refractivity contribution in [3.8, 4) is 0 Å². The van der Waals surface area contributed by atoms with Crippen molar-refractivity contribution in [2.45, 2.75) is 17.6 Å². The number of fused-ring (bicyclic) bond motifs is 3. The summed E-state index contributed by atoms with van der Waals surface area (Å²) in [5.41, 5.74) is 0.620. The van der Waals surface area contributed by atoms with Gasteiger partial charge in [0.25, 0.3) is 5.91 Å². The van der Waals surface area contributed by atoms with Crippen molar-refractivity contribution in [3.05, 3.63) is 64.2 Å². The Bertz CT molecular complexity index is 950. The number of nitrogens with one attached hydrogen (secondary N) is 1. The number of thioether (sulfide) groups is 1. The van der Waals surface area contributed by atoms with Crippen LogP contribution in [-0.2, 0) is 11.0 Å². The first-order chi connectivity index (χ1) is 12.8. The molecule has 2 aromatic carbocycles. The molecule has 0 aromatic heterocycles. The molecule has 2 amide bonds. The van der Waals surface area contributed by atoms with Crippen molar-refractivity contribution in [2.24, 2.45) is 0 Å². The van der Waals surface area contributed by atoms with E-state index in [0.717, 1.165) is 23.8 Å². The molecule has 0 radical (unpaired) electrons. The topological polar surface area (TPSA) is 49.4 Å². The lowest BCUT2D eigenvalue weighted by molar-refractivity contribution is -0.137. The molecule has 0 aliphatic carbocycles. The number of amides is 2. The molecule has 2 aliphatic rings. The van der Waals surface area contributed by atoms with Crippen LogP contribution in [0.1, 0.15) is 26.9 Å². The predicted molar refractivity (Wildman–Crippen MR) is 96.7 cm³/mol. The molecule has 2 unspecified atom stereocenters. The number of carbonyl (C=O) groups excluding carboxylic acids is 2. The average Bonchev–Trinajstić information content (AvgIpc) is 3.17. The molecule has 1 saturated heterocycles. The van der Waals surface area contributed by atoms with Gasteiger partial charge in [-0.3, -0.25) is 9.59 Å². The third kappa shape index (κ3) is 3.06. The largest absolute Gasteiger partial charge is 0.416 e. The van der Waals surface area contributed by atoms with Gasteiger partial charge in [0.15, 0.2) is 0 Å². The van der Waals surface area contributed by atoms with Crippen molar-refractivity contribution >= 4 is 40.9 Å². The van der Waals surface area contributed by atoms with Gasteiger partial charge in [-0.15, -0.1) is 11.8 Å². The normalized spacial score (nSPS) is 21.2. The van der Waals surface area contributed by atoms with Crippen molar-refractivity contribution in [2.75, 3.05) is 11.1 Å². The lowest BCUT2D eigenvalue weighted by Crippen LogP contribution is -2.42. The molecule has 27 heavy (non-hydrogen) atoms. The Kier molecular flexibility index (Phi) is 4.35. The maximum Gasteiger partial charge on any atom is 0.416 e. The summed E-state index contributed by atoms with van der Waals surface area (Å²) in [5, 5.41) is 2.10. The molecule has 2 atom stereocenters. The van der Waals surface area contributed by atoms with E-state index in [1.165, 1.54) is 16.7 Å². The number of alkyl halides is 3. The molecular formula is C18H12ClF3N2O2S. The molecule has 140 valence electrons. The molecule has 0 saturated carbocycles. The van der Waals surface area contributed by atoms with Crippen LogP contribution in [0.25, 0.3) is 0 Å². The highest BCUT2D eigenvalue weighted by molar-refractivity contribution is 7.99. The SMILES string of the molecule is O=C(Nc1ccc(C(F)(F)F)cc1Cl)C1CSC2c3ccccc3C(=O)N12. The molecule has 4 nitrogen and oxygen atoms in total. The zero-order chi connectivity index (χ0) is 19.3. The lowest BCUT2D eigenvalue weighted by atomic mass is 10.1. The summed E-state index contributed by atoms with van der Waals surface area (Å²) >= 11 is 7.38. The molecule has 9 heteroatoms.